The van der Waals surface area contributed by atoms with Crippen LogP contribution in [0.15, 0.2) is 5.38 Å². The van der Waals surface area contributed by atoms with Gasteiger partial charge in [0.25, 0.3) is 0 Å². The zero-order valence-corrected chi connectivity index (χ0v) is 13.2. The Morgan fingerprint density at radius 3 is 2.84 bits per heavy atom. The Balaban J connectivity index is 2.09. The summed E-state index contributed by atoms with van der Waals surface area (Å²) in [4.78, 5) is 7.21. The molecule has 2 rings (SSSR count). The first-order valence-corrected chi connectivity index (χ1v) is 7.93. The molecule has 0 radical (unpaired) electrons. The number of nitrogens with zero attached hydrogens (tertiary/aromatic N) is 2. The van der Waals surface area contributed by atoms with Crippen molar-refractivity contribution in [3.05, 3.63) is 11.1 Å². The molecule has 0 bridgehead atoms. The molecule has 2 atom stereocenters. The SMILES string of the molecule is CNC(C)c1csc(N(CCOC)C(C)C2CC2)n1. The van der Waals surface area contributed by atoms with Gasteiger partial charge in [-0.05, 0) is 39.7 Å². The number of ether oxygens (including phenoxy) is 1. The summed E-state index contributed by atoms with van der Waals surface area (Å²) < 4.78 is 5.24. The van der Waals surface area contributed by atoms with Gasteiger partial charge in [0.05, 0.1) is 12.3 Å². The Labute approximate surface area is 120 Å². The van der Waals surface area contributed by atoms with Gasteiger partial charge in [-0.1, -0.05) is 0 Å². The Hall–Kier alpha value is -0.650. The van der Waals surface area contributed by atoms with E-state index in [-0.39, 0.29) is 0 Å². The number of thiazole rings is 1. The van der Waals surface area contributed by atoms with E-state index in [1.54, 1.807) is 18.4 Å². The van der Waals surface area contributed by atoms with E-state index in [1.165, 1.54) is 12.8 Å². The van der Waals surface area contributed by atoms with Crippen molar-refractivity contribution in [3.63, 3.8) is 0 Å². The Morgan fingerprint density at radius 2 is 2.26 bits per heavy atom. The molecule has 4 nitrogen and oxygen atoms in total. The zero-order chi connectivity index (χ0) is 13.8. The van der Waals surface area contributed by atoms with Crippen LogP contribution >= 0.6 is 11.3 Å². The van der Waals surface area contributed by atoms with Gasteiger partial charge >= 0.3 is 0 Å². The summed E-state index contributed by atoms with van der Waals surface area (Å²) in [6.07, 6.45) is 2.71. The molecule has 1 aromatic heterocycles. The number of anilines is 1. The van der Waals surface area contributed by atoms with Gasteiger partial charge in [0.15, 0.2) is 5.13 Å². The molecular weight excluding hydrogens is 258 g/mol. The molecule has 1 fully saturated rings. The van der Waals surface area contributed by atoms with Gasteiger partial charge in [0, 0.05) is 31.1 Å². The van der Waals surface area contributed by atoms with Gasteiger partial charge in [0.1, 0.15) is 0 Å². The van der Waals surface area contributed by atoms with Crippen molar-refractivity contribution >= 4 is 16.5 Å². The van der Waals surface area contributed by atoms with E-state index in [0.29, 0.717) is 12.1 Å². The lowest BCUT2D eigenvalue weighted by Gasteiger charge is -2.28. The minimum absolute atomic E-state index is 0.311. The highest BCUT2D eigenvalue weighted by molar-refractivity contribution is 7.13. The number of aromatic nitrogens is 1. The molecule has 5 heteroatoms. The predicted octanol–water partition coefficient (Wildman–Crippen LogP) is 2.67. The third-order valence-corrected chi connectivity index (χ3v) is 4.86. The largest absolute Gasteiger partial charge is 0.383 e. The van der Waals surface area contributed by atoms with Crippen LogP contribution in [0.1, 0.15) is 38.4 Å². The third kappa shape index (κ3) is 3.68. The summed E-state index contributed by atoms with van der Waals surface area (Å²) in [6, 6.07) is 0.879. The molecule has 1 saturated carbocycles. The molecular formula is C14H25N3OS. The normalized spacial score (nSPS) is 18.3. The molecule has 0 aromatic carbocycles. The number of hydrogen-bond donors (Lipinski definition) is 1. The van der Waals surface area contributed by atoms with Crippen LogP contribution in [0.4, 0.5) is 5.13 Å². The maximum atomic E-state index is 5.24. The first-order valence-electron chi connectivity index (χ1n) is 7.05. The summed E-state index contributed by atoms with van der Waals surface area (Å²) in [7, 11) is 3.73. The van der Waals surface area contributed by atoms with E-state index in [1.807, 2.05) is 7.05 Å². The van der Waals surface area contributed by atoms with Crippen molar-refractivity contribution in [2.75, 3.05) is 32.2 Å². The Kier molecular flexibility index (Phi) is 5.19. The van der Waals surface area contributed by atoms with Crippen molar-refractivity contribution in [1.82, 2.24) is 10.3 Å². The lowest BCUT2D eigenvalue weighted by molar-refractivity contribution is 0.202. The lowest BCUT2D eigenvalue weighted by atomic mass is 10.2. The summed E-state index contributed by atoms with van der Waals surface area (Å²) in [6.45, 7) is 6.14. The highest BCUT2D eigenvalue weighted by Gasteiger charge is 2.33. The average molecular weight is 283 g/mol. The molecule has 0 saturated heterocycles. The van der Waals surface area contributed by atoms with Crippen molar-refractivity contribution in [3.8, 4) is 0 Å². The van der Waals surface area contributed by atoms with E-state index in [9.17, 15) is 0 Å². The average Bonchev–Trinajstić information content (AvgIpc) is 3.17. The monoisotopic (exact) mass is 283 g/mol. The Morgan fingerprint density at radius 1 is 1.53 bits per heavy atom. The molecule has 1 aromatic rings. The summed E-state index contributed by atoms with van der Waals surface area (Å²) >= 11 is 1.74. The summed E-state index contributed by atoms with van der Waals surface area (Å²) in [5, 5.41) is 6.54. The van der Waals surface area contributed by atoms with Crippen LogP contribution in [0.3, 0.4) is 0 Å². The molecule has 19 heavy (non-hydrogen) atoms. The number of hydrogen-bond acceptors (Lipinski definition) is 5. The second-order valence-corrected chi connectivity index (χ2v) is 6.17. The highest BCUT2D eigenvalue weighted by Crippen LogP contribution is 2.37. The Bertz CT molecular complexity index is 392. The van der Waals surface area contributed by atoms with Crippen LogP contribution in [0, 0.1) is 5.92 Å². The molecule has 1 N–H and O–H groups in total. The number of rotatable bonds is 8. The van der Waals surface area contributed by atoms with E-state index in [4.69, 9.17) is 9.72 Å². The first-order chi connectivity index (χ1) is 9.17. The van der Waals surface area contributed by atoms with E-state index in [2.05, 4.69) is 29.4 Å². The van der Waals surface area contributed by atoms with E-state index in [0.717, 1.165) is 29.9 Å². The van der Waals surface area contributed by atoms with Crippen LogP contribution < -0.4 is 10.2 Å². The maximum Gasteiger partial charge on any atom is 0.185 e. The van der Waals surface area contributed by atoms with Gasteiger partial charge in [0.2, 0.25) is 0 Å². The fourth-order valence-electron chi connectivity index (χ4n) is 2.25. The number of methoxy groups -OCH3 is 1. The van der Waals surface area contributed by atoms with Gasteiger partial charge in [-0.25, -0.2) is 4.98 Å². The molecule has 0 aliphatic heterocycles. The molecule has 1 aliphatic rings. The molecule has 108 valence electrons. The summed E-state index contributed by atoms with van der Waals surface area (Å²) in [5.41, 5.74) is 1.13. The minimum Gasteiger partial charge on any atom is -0.383 e. The molecule has 2 unspecified atom stereocenters. The standard InChI is InChI=1S/C14H25N3OS/c1-10(15-3)13-9-19-14(16-13)17(7-8-18-4)11(2)12-5-6-12/h9-12,15H,5-8H2,1-4H3. The van der Waals surface area contributed by atoms with Crippen LogP contribution in [-0.4, -0.2) is 38.3 Å². The third-order valence-electron chi connectivity index (χ3n) is 3.96. The second kappa shape index (κ2) is 6.68. The van der Waals surface area contributed by atoms with Gasteiger partial charge < -0.3 is 15.0 Å². The van der Waals surface area contributed by atoms with Crippen molar-refractivity contribution in [2.24, 2.45) is 5.92 Å². The number of nitrogens with one attached hydrogen (secondary N) is 1. The van der Waals surface area contributed by atoms with Gasteiger partial charge in [-0.2, -0.15) is 0 Å². The lowest BCUT2D eigenvalue weighted by Crippen LogP contribution is -2.37. The fraction of sp³-hybridized carbons (Fsp3) is 0.786. The first kappa shape index (κ1) is 14.8. The smallest absolute Gasteiger partial charge is 0.185 e. The fourth-order valence-corrected chi connectivity index (χ4v) is 3.29. The van der Waals surface area contributed by atoms with E-state index < -0.39 is 0 Å². The van der Waals surface area contributed by atoms with Gasteiger partial charge in [-0.15, -0.1) is 11.3 Å². The quantitative estimate of drug-likeness (QED) is 0.796. The summed E-state index contributed by atoms with van der Waals surface area (Å²) in [5.74, 6) is 0.839. The minimum atomic E-state index is 0.311. The topological polar surface area (TPSA) is 37.4 Å². The highest BCUT2D eigenvalue weighted by atomic mass is 32.1. The molecule has 0 amide bonds. The second-order valence-electron chi connectivity index (χ2n) is 5.33. The van der Waals surface area contributed by atoms with Crippen molar-refractivity contribution < 1.29 is 4.74 Å². The van der Waals surface area contributed by atoms with Crippen LogP contribution in [0.25, 0.3) is 0 Å². The van der Waals surface area contributed by atoms with Crippen molar-refractivity contribution in [2.45, 2.75) is 38.8 Å². The molecule has 1 heterocycles. The zero-order valence-electron chi connectivity index (χ0n) is 12.3. The van der Waals surface area contributed by atoms with Crippen LogP contribution in [0.2, 0.25) is 0 Å². The molecule has 0 spiro atoms. The van der Waals surface area contributed by atoms with E-state index >= 15 is 0 Å². The maximum absolute atomic E-state index is 5.24. The predicted molar refractivity (Wildman–Crippen MR) is 81.0 cm³/mol. The van der Waals surface area contributed by atoms with Crippen LogP contribution in [-0.2, 0) is 4.74 Å². The van der Waals surface area contributed by atoms with Crippen LogP contribution in [0.5, 0.6) is 0 Å². The van der Waals surface area contributed by atoms with Gasteiger partial charge in [-0.3, -0.25) is 0 Å². The van der Waals surface area contributed by atoms with Crippen molar-refractivity contribution in [1.29, 1.82) is 0 Å². The molecule has 1 aliphatic carbocycles.